The topological polar surface area (TPSA) is 3.24 Å². The van der Waals surface area contributed by atoms with E-state index >= 15 is 0 Å². The van der Waals surface area contributed by atoms with Crippen molar-refractivity contribution in [3.05, 3.63) is 28.8 Å². The molecule has 3 heteroatoms. The predicted molar refractivity (Wildman–Crippen MR) is 71.6 cm³/mol. The van der Waals surface area contributed by atoms with Crippen molar-refractivity contribution in [2.45, 2.75) is 25.1 Å². The average molecular weight is 258 g/mol. The average Bonchev–Trinajstić information content (AvgIpc) is 2.23. The Morgan fingerprint density at radius 2 is 2.12 bits per heavy atom. The number of anilines is 1. The van der Waals surface area contributed by atoms with Crippen molar-refractivity contribution in [2.75, 3.05) is 18.5 Å². The van der Waals surface area contributed by atoms with E-state index in [1.165, 1.54) is 24.9 Å². The van der Waals surface area contributed by atoms with Crippen LogP contribution in [0.25, 0.3) is 0 Å². The van der Waals surface area contributed by atoms with E-state index in [1.54, 1.807) is 0 Å². The van der Waals surface area contributed by atoms with Crippen LogP contribution in [0.15, 0.2) is 18.2 Å². The molecule has 1 aliphatic carbocycles. The summed E-state index contributed by atoms with van der Waals surface area (Å²) in [7, 11) is 2.13. The molecule has 0 heterocycles. The second kappa shape index (κ2) is 5.29. The van der Waals surface area contributed by atoms with E-state index in [2.05, 4.69) is 18.0 Å². The number of hydrogen-bond donors (Lipinski definition) is 0. The van der Waals surface area contributed by atoms with Gasteiger partial charge in [0.25, 0.3) is 0 Å². The summed E-state index contributed by atoms with van der Waals surface area (Å²) in [4.78, 5) is 2.29. The fourth-order valence-corrected chi connectivity index (χ4v) is 2.59. The summed E-state index contributed by atoms with van der Waals surface area (Å²) in [6.07, 6.45) is 4.14. The zero-order valence-electron chi connectivity index (χ0n) is 9.55. The minimum Gasteiger partial charge on any atom is -0.374 e. The van der Waals surface area contributed by atoms with E-state index in [9.17, 15) is 0 Å². The van der Waals surface area contributed by atoms with Crippen molar-refractivity contribution >= 4 is 28.9 Å². The maximum absolute atomic E-state index is 6.15. The quantitative estimate of drug-likeness (QED) is 0.727. The molecule has 0 bridgehead atoms. The Hall–Kier alpha value is -0.400. The molecule has 0 N–H and O–H groups in total. The molecule has 0 radical (unpaired) electrons. The first-order chi connectivity index (χ1) is 7.70. The molecule has 1 aromatic rings. The first kappa shape index (κ1) is 12.1. The van der Waals surface area contributed by atoms with Crippen LogP contribution in [0, 0.1) is 5.92 Å². The number of nitrogens with zero attached hydrogens (tertiary/aromatic N) is 1. The molecular formula is C13H17Cl2N. The molecule has 1 aliphatic rings. The summed E-state index contributed by atoms with van der Waals surface area (Å²) in [5.74, 6) is 1.35. The highest BCUT2D eigenvalue weighted by Gasteiger charge is 2.19. The molecule has 88 valence electrons. The van der Waals surface area contributed by atoms with Crippen molar-refractivity contribution in [1.82, 2.24) is 0 Å². The Morgan fingerprint density at radius 1 is 1.38 bits per heavy atom. The maximum atomic E-state index is 6.15. The minimum atomic E-state index is 0.478. The van der Waals surface area contributed by atoms with Crippen LogP contribution >= 0.6 is 23.2 Å². The highest BCUT2D eigenvalue weighted by molar-refractivity contribution is 6.32. The van der Waals surface area contributed by atoms with E-state index in [1.807, 2.05) is 12.1 Å². The standard InChI is InChI=1S/C13H17Cl2N/c1-16(9-10-3-2-4-10)12-6-5-11(8-14)13(15)7-12/h5-7,10H,2-4,8-9H2,1H3. The Bertz CT molecular complexity index is 361. The molecule has 1 aromatic carbocycles. The van der Waals surface area contributed by atoms with E-state index in [0.29, 0.717) is 5.88 Å². The lowest BCUT2D eigenvalue weighted by molar-refractivity contribution is 0.321. The van der Waals surface area contributed by atoms with Gasteiger partial charge in [-0.2, -0.15) is 0 Å². The number of benzene rings is 1. The van der Waals surface area contributed by atoms with Gasteiger partial charge in [0.05, 0.1) is 0 Å². The second-order valence-corrected chi connectivity index (χ2v) is 5.26. The molecule has 0 atom stereocenters. The molecule has 0 spiro atoms. The summed E-state index contributed by atoms with van der Waals surface area (Å²) in [5, 5.41) is 0.771. The van der Waals surface area contributed by atoms with Gasteiger partial charge in [0.2, 0.25) is 0 Å². The normalized spacial score (nSPS) is 15.9. The highest BCUT2D eigenvalue weighted by atomic mass is 35.5. The van der Waals surface area contributed by atoms with E-state index in [-0.39, 0.29) is 0 Å². The van der Waals surface area contributed by atoms with Crippen LogP contribution in [-0.2, 0) is 5.88 Å². The molecule has 0 aromatic heterocycles. The number of hydrogen-bond acceptors (Lipinski definition) is 1. The van der Waals surface area contributed by atoms with Crippen LogP contribution in [0.5, 0.6) is 0 Å². The molecule has 16 heavy (non-hydrogen) atoms. The summed E-state index contributed by atoms with van der Waals surface area (Å²) in [5.41, 5.74) is 2.19. The SMILES string of the molecule is CN(CC1CCC1)c1ccc(CCl)c(Cl)c1. The molecular weight excluding hydrogens is 241 g/mol. The molecule has 0 unspecified atom stereocenters. The summed E-state index contributed by atoms with van der Waals surface area (Å²) in [6.45, 7) is 1.14. The lowest BCUT2D eigenvalue weighted by Gasteiger charge is -2.31. The third-order valence-corrected chi connectivity index (χ3v) is 4.02. The van der Waals surface area contributed by atoms with E-state index in [0.717, 1.165) is 23.0 Å². The van der Waals surface area contributed by atoms with Gasteiger partial charge in [-0.05, 0) is 36.5 Å². The zero-order chi connectivity index (χ0) is 11.5. The van der Waals surface area contributed by atoms with Gasteiger partial charge >= 0.3 is 0 Å². The Balaban J connectivity index is 2.04. The lowest BCUT2D eigenvalue weighted by atomic mass is 9.85. The van der Waals surface area contributed by atoms with Crippen LogP contribution in [0.1, 0.15) is 24.8 Å². The maximum Gasteiger partial charge on any atom is 0.0488 e. The summed E-state index contributed by atoms with van der Waals surface area (Å²) < 4.78 is 0. The molecule has 1 saturated carbocycles. The largest absolute Gasteiger partial charge is 0.374 e. The number of halogens is 2. The van der Waals surface area contributed by atoms with Crippen LogP contribution in [0.3, 0.4) is 0 Å². The van der Waals surface area contributed by atoms with E-state index in [4.69, 9.17) is 23.2 Å². The van der Waals surface area contributed by atoms with Gasteiger partial charge in [-0.25, -0.2) is 0 Å². The molecule has 2 rings (SSSR count). The Morgan fingerprint density at radius 3 is 2.62 bits per heavy atom. The van der Waals surface area contributed by atoms with Gasteiger partial charge in [0.1, 0.15) is 0 Å². The molecule has 1 nitrogen and oxygen atoms in total. The Labute approximate surface area is 107 Å². The van der Waals surface area contributed by atoms with Crippen molar-refractivity contribution < 1.29 is 0 Å². The fraction of sp³-hybridized carbons (Fsp3) is 0.538. The first-order valence-corrected chi connectivity index (χ1v) is 6.67. The molecule has 0 amide bonds. The predicted octanol–water partition coefficient (Wildman–Crippen LogP) is 4.32. The van der Waals surface area contributed by atoms with Crippen molar-refractivity contribution in [3.63, 3.8) is 0 Å². The van der Waals surface area contributed by atoms with Crippen LogP contribution < -0.4 is 4.90 Å². The van der Waals surface area contributed by atoms with Gasteiger partial charge in [-0.3, -0.25) is 0 Å². The monoisotopic (exact) mass is 257 g/mol. The zero-order valence-corrected chi connectivity index (χ0v) is 11.1. The van der Waals surface area contributed by atoms with Crippen molar-refractivity contribution in [1.29, 1.82) is 0 Å². The number of rotatable bonds is 4. The minimum absolute atomic E-state index is 0.478. The van der Waals surface area contributed by atoms with Crippen molar-refractivity contribution in [2.24, 2.45) is 5.92 Å². The summed E-state index contributed by atoms with van der Waals surface area (Å²) in [6, 6.07) is 6.13. The van der Waals surface area contributed by atoms with Crippen molar-refractivity contribution in [3.8, 4) is 0 Å². The van der Waals surface area contributed by atoms with Gasteiger partial charge in [0, 0.05) is 30.2 Å². The fourth-order valence-electron chi connectivity index (χ4n) is 2.05. The lowest BCUT2D eigenvalue weighted by Crippen LogP contribution is -2.29. The van der Waals surface area contributed by atoms with Gasteiger partial charge < -0.3 is 4.90 Å². The van der Waals surface area contributed by atoms with Gasteiger partial charge in [-0.1, -0.05) is 24.1 Å². The third-order valence-electron chi connectivity index (χ3n) is 3.38. The molecule has 1 fully saturated rings. The number of alkyl halides is 1. The smallest absolute Gasteiger partial charge is 0.0488 e. The Kier molecular flexibility index (Phi) is 3.99. The van der Waals surface area contributed by atoms with Gasteiger partial charge in [0.15, 0.2) is 0 Å². The molecule has 0 aliphatic heterocycles. The summed E-state index contributed by atoms with van der Waals surface area (Å²) >= 11 is 11.9. The highest BCUT2D eigenvalue weighted by Crippen LogP contribution is 2.30. The van der Waals surface area contributed by atoms with E-state index < -0.39 is 0 Å². The van der Waals surface area contributed by atoms with Crippen LogP contribution in [-0.4, -0.2) is 13.6 Å². The van der Waals surface area contributed by atoms with Crippen LogP contribution in [0.4, 0.5) is 5.69 Å². The first-order valence-electron chi connectivity index (χ1n) is 5.76. The van der Waals surface area contributed by atoms with Crippen LogP contribution in [0.2, 0.25) is 5.02 Å². The third kappa shape index (κ3) is 2.64. The van der Waals surface area contributed by atoms with Gasteiger partial charge in [-0.15, -0.1) is 11.6 Å². The molecule has 0 saturated heterocycles. The second-order valence-electron chi connectivity index (χ2n) is 4.59.